The molecule has 0 aliphatic carbocycles. The summed E-state index contributed by atoms with van der Waals surface area (Å²) in [6.45, 7) is 0. The minimum Gasteiger partial charge on any atom is -0.303 e. The van der Waals surface area contributed by atoms with E-state index in [4.69, 9.17) is 0 Å². The maximum absolute atomic E-state index is 3.79. The fourth-order valence-electron chi connectivity index (χ4n) is 2.83. The Kier molecular flexibility index (Phi) is 3.42. The van der Waals surface area contributed by atoms with Crippen molar-refractivity contribution in [2.45, 2.75) is 31.3 Å². The van der Waals surface area contributed by atoms with Crippen molar-refractivity contribution in [3.05, 3.63) is 71.8 Å². The van der Waals surface area contributed by atoms with Gasteiger partial charge in [-0.1, -0.05) is 60.7 Å². The number of rotatable bonds is 2. The molecule has 1 fully saturated rings. The van der Waals surface area contributed by atoms with Crippen LogP contribution < -0.4 is 5.32 Å². The lowest BCUT2D eigenvalue weighted by Crippen LogP contribution is -2.30. The normalized spacial score (nSPS) is 23.8. The molecular weight excluding hydrogens is 218 g/mol. The average Bonchev–Trinajstić information content (AvgIpc) is 2.49. The molecule has 0 amide bonds. The molecule has 2 aromatic carbocycles. The van der Waals surface area contributed by atoms with E-state index in [1.165, 1.54) is 30.4 Å². The van der Waals surface area contributed by atoms with E-state index in [0.29, 0.717) is 12.1 Å². The quantitative estimate of drug-likeness (QED) is 0.823. The van der Waals surface area contributed by atoms with E-state index in [2.05, 4.69) is 66.0 Å². The van der Waals surface area contributed by atoms with Crippen LogP contribution in [0, 0.1) is 0 Å². The Hall–Kier alpha value is -1.60. The molecule has 0 saturated carbocycles. The zero-order valence-electron chi connectivity index (χ0n) is 10.5. The largest absolute Gasteiger partial charge is 0.303 e. The van der Waals surface area contributed by atoms with Crippen LogP contribution in [0.15, 0.2) is 60.7 Å². The molecule has 92 valence electrons. The van der Waals surface area contributed by atoms with Crippen LogP contribution in [0.3, 0.4) is 0 Å². The molecule has 0 radical (unpaired) electrons. The molecule has 0 spiro atoms. The van der Waals surface area contributed by atoms with Gasteiger partial charge in [0.2, 0.25) is 0 Å². The molecule has 1 heteroatoms. The topological polar surface area (TPSA) is 12.0 Å². The smallest absolute Gasteiger partial charge is 0.0325 e. The van der Waals surface area contributed by atoms with Gasteiger partial charge in [-0.2, -0.15) is 0 Å². The Bertz CT molecular complexity index is 432. The summed E-state index contributed by atoms with van der Waals surface area (Å²) in [6.07, 6.45) is 3.78. The summed E-state index contributed by atoms with van der Waals surface area (Å²) in [6, 6.07) is 22.6. The number of hydrogen-bond donors (Lipinski definition) is 1. The van der Waals surface area contributed by atoms with Crippen LogP contribution in [0.25, 0.3) is 0 Å². The number of benzene rings is 2. The van der Waals surface area contributed by atoms with Crippen LogP contribution in [0.1, 0.15) is 42.5 Å². The highest BCUT2D eigenvalue weighted by atomic mass is 15.0. The predicted molar refractivity (Wildman–Crippen MR) is 75.4 cm³/mol. The van der Waals surface area contributed by atoms with Crippen molar-refractivity contribution >= 4 is 0 Å². The lowest BCUT2D eigenvalue weighted by molar-refractivity contribution is 0.330. The van der Waals surface area contributed by atoms with Gasteiger partial charge >= 0.3 is 0 Å². The summed E-state index contributed by atoms with van der Waals surface area (Å²) in [5, 5.41) is 3.79. The maximum atomic E-state index is 3.79. The Morgan fingerprint density at radius 3 is 1.56 bits per heavy atom. The van der Waals surface area contributed by atoms with Gasteiger partial charge < -0.3 is 5.32 Å². The molecule has 18 heavy (non-hydrogen) atoms. The summed E-state index contributed by atoms with van der Waals surface area (Å²) in [5.41, 5.74) is 2.83. The lowest BCUT2D eigenvalue weighted by Gasteiger charge is -2.31. The number of piperidine rings is 1. The van der Waals surface area contributed by atoms with Crippen molar-refractivity contribution in [3.8, 4) is 0 Å². The first kappa shape index (κ1) is 11.5. The molecule has 3 rings (SSSR count). The van der Waals surface area contributed by atoms with E-state index >= 15 is 0 Å². The van der Waals surface area contributed by atoms with E-state index in [-0.39, 0.29) is 0 Å². The van der Waals surface area contributed by atoms with Crippen molar-refractivity contribution < 1.29 is 0 Å². The highest BCUT2D eigenvalue weighted by Crippen LogP contribution is 2.32. The van der Waals surface area contributed by atoms with Gasteiger partial charge in [-0.15, -0.1) is 0 Å². The fourth-order valence-corrected chi connectivity index (χ4v) is 2.83. The molecule has 2 atom stereocenters. The van der Waals surface area contributed by atoms with E-state index in [1.54, 1.807) is 0 Å². The molecule has 0 bridgehead atoms. The first-order chi connectivity index (χ1) is 8.93. The molecule has 1 saturated heterocycles. The van der Waals surface area contributed by atoms with Gasteiger partial charge in [0, 0.05) is 12.1 Å². The molecule has 1 nitrogen and oxygen atoms in total. The average molecular weight is 237 g/mol. The summed E-state index contributed by atoms with van der Waals surface area (Å²) >= 11 is 0. The van der Waals surface area contributed by atoms with E-state index in [1.807, 2.05) is 0 Å². The number of nitrogens with one attached hydrogen (secondary N) is 1. The second kappa shape index (κ2) is 5.36. The van der Waals surface area contributed by atoms with Crippen molar-refractivity contribution in [1.82, 2.24) is 5.32 Å². The Morgan fingerprint density at radius 1 is 0.667 bits per heavy atom. The zero-order valence-corrected chi connectivity index (χ0v) is 10.5. The summed E-state index contributed by atoms with van der Waals surface area (Å²) < 4.78 is 0. The zero-order chi connectivity index (χ0) is 12.2. The van der Waals surface area contributed by atoms with Crippen LogP contribution in [-0.2, 0) is 0 Å². The molecule has 1 N–H and O–H groups in total. The van der Waals surface area contributed by atoms with Gasteiger partial charge in [-0.3, -0.25) is 0 Å². The summed E-state index contributed by atoms with van der Waals surface area (Å²) in [5.74, 6) is 0. The lowest BCUT2D eigenvalue weighted by atomic mass is 9.90. The molecule has 1 heterocycles. The third-order valence-corrected chi connectivity index (χ3v) is 3.79. The summed E-state index contributed by atoms with van der Waals surface area (Å²) in [7, 11) is 0. The van der Waals surface area contributed by atoms with E-state index < -0.39 is 0 Å². The van der Waals surface area contributed by atoms with Crippen molar-refractivity contribution in [1.29, 1.82) is 0 Å². The van der Waals surface area contributed by atoms with E-state index in [9.17, 15) is 0 Å². The fraction of sp³-hybridized carbons (Fsp3) is 0.294. The van der Waals surface area contributed by atoms with Crippen molar-refractivity contribution in [3.63, 3.8) is 0 Å². The van der Waals surface area contributed by atoms with Gasteiger partial charge in [0.1, 0.15) is 0 Å². The molecule has 0 unspecified atom stereocenters. The van der Waals surface area contributed by atoms with Crippen LogP contribution in [0.2, 0.25) is 0 Å². The Morgan fingerprint density at radius 2 is 1.11 bits per heavy atom. The highest BCUT2D eigenvalue weighted by Gasteiger charge is 2.22. The van der Waals surface area contributed by atoms with Gasteiger partial charge in [-0.05, 0) is 30.4 Å². The first-order valence-electron chi connectivity index (χ1n) is 6.79. The third kappa shape index (κ3) is 2.46. The molecule has 2 aromatic rings. The van der Waals surface area contributed by atoms with Gasteiger partial charge in [-0.25, -0.2) is 0 Å². The van der Waals surface area contributed by atoms with Gasteiger partial charge in [0.15, 0.2) is 0 Å². The second-order valence-electron chi connectivity index (χ2n) is 5.02. The SMILES string of the molecule is c1ccc([C@H]2CCC[C@H](c3ccccc3)N2)cc1. The highest BCUT2D eigenvalue weighted by molar-refractivity contribution is 5.23. The Labute approximate surface area is 109 Å². The molecule has 0 aromatic heterocycles. The Balaban J connectivity index is 1.77. The summed E-state index contributed by atoms with van der Waals surface area (Å²) in [4.78, 5) is 0. The van der Waals surface area contributed by atoms with Crippen LogP contribution in [0.4, 0.5) is 0 Å². The van der Waals surface area contributed by atoms with Crippen LogP contribution in [0.5, 0.6) is 0 Å². The maximum Gasteiger partial charge on any atom is 0.0325 e. The third-order valence-electron chi connectivity index (χ3n) is 3.79. The number of hydrogen-bond acceptors (Lipinski definition) is 1. The minimum atomic E-state index is 0.505. The van der Waals surface area contributed by atoms with Gasteiger partial charge in [0.05, 0.1) is 0 Å². The van der Waals surface area contributed by atoms with Crippen LogP contribution >= 0.6 is 0 Å². The molecule has 1 aliphatic rings. The monoisotopic (exact) mass is 237 g/mol. The predicted octanol–water partition coefficient (Wildman–Crippen LogP) is 4.24. The minimum absolute atomic E-state index is 0.505. The molecule has 1 aliphatic heterocycles. The molecular formula is C17H19N. The standard InChI is InChI=1S/C17H19N/c1-3-8-14(9-4-1)16-12-7-13-17(18-16)15-10-5-2-6-11-15/h1-6,8-11,16-18H,7,12-13H2/t16-,17-/m1/s1. The van der Waals surface area contributed by atoms with Gasteiger partial charge in [0.25, 0.3) is 0 Å². The first-order valence-corrected chi connectivity index (χ1v) is 6.79. The van der Waals surface area contributed by atoms with Crippen molar-refractivity contribution in [2.75, 3.05) is 0 Å². The van der Waals surface area contributed by atoms with E-state index in [0.717, 1.165) is 0 Å². The van der Waals surface area contributed by atoms with Crippen LogP contribution in [-0.4, -0.2) is 0 Å². The van der Waals surface area contributed by atoms with Crippen molar-refractivity contribution in [2.24, 2.45) is 0 Å². The second-order valence-corrected chi connectivity index (χ2v) is 5.02.